The molecule has 0 aromatic heterocycles. The van der Waals surface area contributed by atoms with E-state index in [9.17, 15) is 18.3 Å². The molecule has 3 rings (SSSR count). The molecule has 0 saturated heterocycles. The van der Waals surface area contributed by atoms with Crippen molar-refractivity contribution in [1.29, 1.82) is 0 Å². The van der Waals surface area contributed by atoms with Crippen LogP contribution in [0.1, 0.15) is 13.8 Å². The predicted molar refractivity (Wildman–Crippen MR) is 133 cm³/mol. The van der Waals surface area contributed by atoms with Crippen LogP contribution < -0.4 is 14.8 Å². The minimum Gasteiger partial charge on any atom is -0.495 e. The van der Waals surface area contributed by atoms with Crippen LogP contribution in [-0.2, 0) is 10.0 Å². The molecule has 9 nitrogen and oxygen atoms in total. The molecular formula is C23H30BrN3O6S. The van der Waals surface area contributed by atoms with Gasteiger partial charge in [0.15, 0.2) is 0 Å². The molecule has 0 unspecified atom stereocenters. The van der Waals surface area contributed by atoms with Gasteiger partial charge in [-0.25, -0.2) is 13.2 Å². The lowest BCUT2D eigenvalue weighted by molar-refractivity contribution is 0.0829. The minimum atomic E-state index is -3.90. The van der Waals surface area contributed by atoms with Crippen molar-refractivity contribution in [3.63, 3.8) is 0 Å². The standard InChI is InChI=1S/C23H30BrN3O6S/c1-15-12-27(16(2)14-28)34(30,31)22-10-9-17(24)11-20(22)33-21(15)13-26(3)23(29)25-18-7-5-6-8-19(18)32-4/h5-11,15-16,21,28H,12-14H2,1-4H3,(H,25,29)/t15-,16+,21+/m1/s1. The second-order valence-electron chi connectivity index (χ2n) is 8.34. The summed E-state index contributed by atoms with van der Waals surface area (Å²) in [4.78, 5) is 14.4. The number of aliphatic hydroxyl groups excluding tert-OH is 1. The number of rotatable bonds is 6. The molecule has 2 N–H and O–H groups in total. The van der Waals surface area contributed by atoms with Crippen LogP contribution in [0.3, 0.4) is 0 Å². The monoisotopic (exact) mass is 555 g/mol. The van der Waals surface area contributed by atoms with Gasteiger partial charge in [-0.3, -0.25) is 0 Å². The minimum absolute atomic E-state index is 0.0222. The zero-order chi connectivity index (χ0) is 25.0. The molecule has 1 aliphatic rings. The molecule has 34 heavy (non-hydrogen) atoms. The first-order chi connectivity index (χ1) is 16.1. The first kappa shape index (κ1) is 26.3. The van der Waals surface area contributed by atoms with Gasteiger partial charge in [-0.15, -0.1) is 0 Å². The quantitative estimate of drug-likeness (QED) is 0.565. The zero-order valence-electron chi connectivity index (χ0n) is 19.6. The number of para-hydroxylation sites is 2. The molecular weight excluding hydrogens is 526 g/mol. The molecule has 1 heterocycles. The van der Waals surface area contributed by atoms with Gasteiger partial charge in [0.25, 0.3) is 0 Å². The van der Waals surface area contributed by atoms with Crippen LogP contribution in [0.4, 0.5) is 10.5 Å². The van der Waals surface area contributed by atoms with Crippen molar-refractivity contribution in [2.45, 2.75) is 30.9 Å². The fraction of sp³-hybridized carbons (Fsp3) is 0.435. The van der Waals surface area contributed by atoms with Crippen molar-refractivity contribution < 1.29 is 27.8 Å². The van der Waals surface area contributed by atoms with E-state index in [1.165, 1.54) is 22.4 Å². The average molecular weight is 556 g/mol. The van der Waals surface area contributed by atoms with Crippen LogP contribution >= 0.6 is 15.9 Å². The van der Waals surface area contributed by atoms with Crippen molar-refractivity contribution in [1.82, 2.24) is 9.21 Å². The fourth-order valence-electron chi connectivity index (χ4n) is 3.73. The predicted octanol–water partition coefficient (Wildman–Crippen LogP) is 3.39. The molecule has 0 fully saturated rings. The molecule has 2 aromatic rings. The number of amides is 2. The van der Waals surface area contributed by atoms with Crippen LogP contribution in [0.15, 0.2) is 51.8 Å². The zero-order valence-corrected chi connectivity index (χ0v) is 22.0. The van der Waals surface area contributed by atoms with Gasteiger partial charge in [-0.1, -0.05) is 35.0 Å². The second-order valence-corrected chi connectivity index (χ2v) is 11.1. The lowest BCUT2D eigenvalue weighted by Gasteiger charge is -2.37. The van der Waals surface area contributed by atoms with Gasteiger partial charge in [0.1, 0.15) is 22.5 Å². The normalized spacial score (nSPS) is 20.8. The number of carbonyl (C=O) groups excluding carboxylic acids is 1. The number of aliphatic hydroxyl groups is 1. The van der Waals surface area contributed by atoms with Gasteiger partial charge in [0, 0.05) is 30.0 Å². The van der Waals surface area contributed by atoms with Crippen molar-refractivity contribution in [3.05, 3.63) is 46.9 Å². The Labute approximate surface area is 208 Å². The van der Waals surface area contributed by atoms with Gasteiger partial charge in [-0.05, 0) is 37.3 Å². The summed E-state index contributed by atoms with van der Waals surface area (Å²) in [6.45, 7) is 3.55. The van der Waals surface area contributed by atoms with E-state index in [1.807, 2.05) is 13.0 Å². The van der Waals surface area contributed by atoms with E-state index in [4.69, 9.17) is 9.47 Å². The SMILES string of the molecule is COc1ccccc1NC(=O)N(C)C[C@@H]1Oc2cc(Br)ccc2S(=O)(=O)N([C@@H](C)CO)C[C@H]1C. The van der Waals surface area contributed by atoms with Crippen LogP contribution in [0.25, 0.3) is 0 Å². The number of nitrogens with zero attached hydrogens (tertiary/aromatic N) is 2. The van der Waals surface area contributed by atoms with Crippen LogP contribution in [0.2, 0.25) is 0 Å². The fourth-order valence-corrected chi connectivity index (χ4v) is 5.89. The summed E-state index contributed by atoms with van der Waals surface area (Å²) in [6.07, 6.45) is -0.509. The van der Waals surface area contributed by atoms with Crippen LogP contribution in [0, 0.1) is 5.92 Å². The number of sulfonamides is 1. The Balaban J connectivity index is 1.89. The molecule has 2 aromatic carbocycles. The topological polar surface area (TPSA) is 108 Å². The van der Waals surface area contributed by atoms with E-state index in [2.05, 4.69) is 21.2 Å². The maximum Gasteiger partial charge on any atom is 0.321 e. The van der Waals surface area contributed by atoms with E-state index in [0.29, 0.717) is 15.9 Å². The third kappa shape index (κ3) is 5.65. The largest absolute Gasteiger partial charge is 0.495 e. The average Bonchev–Trinajstić information content (AvgIpc) is 2.80. The van der Waals surface area contributed by atoms with E-state index in [-0.39, 0.29) is 42.3 Å². The molecule has 0 aliphatic carbocycles. The number of anilines is 1. The number of nitrogens with one attached hydrogen (secondary N) is 1. The molecule has 11 heteroatoms. The highest BCUT2D eigenvalue weighted by molar-refractivity contribution is 9.10. The summed E-state index contributed by atoms with van der Waals surface area (Å²) >= 11 is 3.38. The number of likely N-dealkylation sites (N-methyl/N-ethyl adjacent to an activating group) is 1. The summed E-state index contributed by atoms with van der Waals surface area (Å²) in [7, 11) is -0.725. The maximum atomic E-state index is 13.4. The molecule has 0 saturated carbocycles. The highest BCUT2D eigenvalue weighted by Crippen LogP contribution is 2.35. The number of hydrogen-bond donors (Lipinski definition) is 2. The number of hydrogen-bond acceptors (Lipinski definition) is 6. The van der Waals surface area contributed by atoms with E-state index in [0.717, 1.165) is 0 Å². The number of halogens is 1. The molecule has 1 aliphatic heterocycles. The summed E-state index contributed by atoms with van der Waals surface area (Å²) in [6, 6.07) is 10.8. The third-order valence-electron chi connectivity index (χ3n) is 5.78. The van der Waals surface area contributed by atoms with Crippen molar-refractivity contribution in [3.8, 4) is 11.5 Å². The number of fused-ring (bicyclic) bond motifs is 1. The van der Waals surface area contributed by atoms with E-state index in [1.54, 1.807) is 44.3 Å². The molecule has 0 radical (unpaired) electrons. The van der Waals surface area contributed by atoms with Gasteiger partial charge in [0.2, 0.25) is 10.0 Å². The Hall–Kier alpha value is -2.34. The number of benzene rings is 2. The molecule has 186 valence electrons. The maximum absolute atomic E-state index is 13.4. The van der Waals surface area contributed by atoms with Gasteiger partial charge >= 0.3 is 6.03 Å². The Kier molecular flexibility index (Phi) is 8.45. The first-order valence-corrected chi connectivity index (χ1v) is 13.1. The van der Waals surface area contributed by atoms with Gasteiger partial charge in [-0.2, -0.15) is 4.31 Å². The molecule has 0 bridgehead atoms. The second kappa shape index (κ2) is 10.9. The van der Waals surface area contributed by atoms with Gasteiger partial charge < -0.3 is 24.8 Å². The Morgan fingerprint density at radius 1 is 1.35 bits per heavy atom. The number of methoxy groups -OCH3 is 1. The third-order valence-corrected chi connectivity index (χ3v) is 8.29. The number of carbonyl (C=O) groups is 1. The summed E-state index contributed by atoms with van der Waals surface area (Å²) in [5, 5.41) is 12.5. The highest BCUT2D eigenvalue weighted by atomic mass is 79.9. The lowest BCUT2D eigenvalue weighted by Crippen LogP contribution is -2.50. The van der Waals surface area contributed by atoms with Crippen molar-refractivity contribution >= 4 is 37.7 Å². The first-order valence-electron chi connectivity index (χ1n) is 10.8. The summed E-state index contributed by atoms with van der Waals surface area (Å²) in [5.41, 5.74) is 0.539. The van der Waals surface area contributed by atoms with Crippen LogP contribution in [-0.4, -0.2) is 74.8 Å². The molecule has 2 amide bonds. The molecule has 0 spiro atoms. The number of urea groups is 1. The number of ether oxygens (including phenoxy) is 2. The summed E-state index contributed by atoms with van der Waals surface area (Å²) < 4.78 is 40.2. The Morgan fingerprint density at radius 2 is 2.06 bits per heavy atom. The van der Waals surface area contributed by atoms with E-state index < -0.39 is 22.2 Å². The van der Waals surface area contributed by atoms with Crippen molar-refractivity contribution in [2.75, 3.05) is 39.2 Å². The van der Waals surface area contributed by atoms with Gasteiger partial charge in [0.05, 0.1) is 25.9 Å². The summed E-state index contributed by atoms with van der Waals surface area (Å²) in [5.74, 6) is 0.453. The lowest BCUT2D eigenvalue weighted by atomic mass is 10.0. The van der Waals surface area contributed by atoms with E-state index >= 15 is 0 Å². The smallest absolute Gasteiger partial charge is 0.321 e. The highest BCUT2D eigenvalue weighted by Gasteiger charge is 2.38. The Bertz CT molecular complexity index is 1130. The molecule has 3 atom stereocenters. The van der Waals surface area contributed by atoms with Crippen molar-refractivity contribution in [2.24, 2.45) is 5.92 Å². The Morgan fingerprint density at radius 3 is 2.74 bits per heavy atom. The van der Waals surface area contributed by atoms with Crippen LogP contribution in [0.5, 0.6) is 11.5 Å².